The van der Waals surface area contributed by atoms with Gasteiger partial charge in [-0.05, 0) is 106 Å². The molecule has 0 radical (unpaired) electrons. The van der Waals surface area contributed by atoms with Gasteiger partial charge in [-0.15, -0.1) is 0 Å². The first kappa shape index (κ1) is 53.2. The predicted octanol–water partition coefficient (Wildman–Crippen LogP) is 6.48. The van der Waals surface area contributed by atoms with Crippen molar-refractivity contribution in [1.29, 1.82) is 0 Å². The number of nitrogens with two attached hydrogens (primary N) is 2. The lowest BCUT2D eigenvalue weighted by Gasteiger charge is -2.14. The van der Waals surface area contributed by atoms with E-state index in [0.29, 0.717) is 33.6 Å². The Balaban J connectivity index is 0.669. The van der Waals surface area contributed by atoms with Crippen molar-refractivity contribution in [1.82, 2.24) is 30.4 Å². The van der Waals surface area contributed by atoms with E-state index in [0.717, 1.165) is 66.0 Å². The summed E-state index contributed by atoms with van der Waals surface area (Å²) in [5, 5.41) is 12.7. The smallest absolute Gasteiger partial charge is 0.332 e. The van der Waals surface area contributed by atoms with Crippen LogP contribution in [0.5, 0.6) is 0 Å². The average Bonchev–Trinajstić information content (AvgIpc) is 4.18. The molecule has 10 rings (SSSR count). The van der Waals surface area contributed by atoms with Gasteiger partial charge >= 0.3 is 24.0 Å². The maximum atomic E-state index is 13.5. The molecular weight excluding hydrogens is 1020 g/mol. The highest BCUT2D eigenvalue weighted by atomic mass is 16.6. The van der Waals surface area contributed by atoms with Crippen LogP contribution < -0.4 is 32.7 Å². The van der Waals surface area contributed by atoms with Crippen molar-refractivity contribution in [2.24, 2.45) is 11.5 Å². The van der Waals surface area contributed by atoms with Gasteiger partial charge in [-0.3, -0.25) is 40.4 Å². The van der Waals surface area contributed by atoms with Gasteiger partial charge in [-0.1, -0.05) is 72.8 Å². The largest absolute Gasteiger partial charge is 0.443 e. The highest BCUT2D eigenvalue weighted by Gasteiger charge is 2.39. The minimum absolute atomic E-state index is 0.0241. The van der Waals surface area contributed by atoms with Gasteiger partial charge in [0.15, 0.2) is 12.5 Å². The monoisotopic (exact) mass is 1070 g/mol. The molecule has 20 heteroatoms. The number of aromatic amines is 2. The molecule has 0 saturated carbocycles. The average molecular weight is 1080 g/mol. The highest BCUT2D eigenvalue weighted by molar-refractivity contribution is 6.06. The minimum Gasteiger partial charge on any atom is -0.443 e. The third kappa shape index (κ3) is 12.6. The van der Waals surface area contributed by atoms with Crippen LogP contribution in [0.2, 0.25) is 0 Å². The lowest BCUT2D eigenvalue weighted by Crippen LogP contribution is -2.32. The molecule has 2 aliphatic rings. The molecule has 8 aromatic rings. The number of rotatable bonds is 20. The number of H-pyrrole nitrogens is 2. The summed E-state index contributed by atoms with van der Waals surface area (Å²) in [6.07, 6.45) is 3.66. The number of fused-ring (bicyclic) bond motifs is 2. The molecule has 2 aromatic heterocycles. The Kier molecular flexibility index (Phi) is 15.7. The minimum atomic E-state index is -1.11. The van der Waals surface area contributed by atoms with Gasteiger partial charge in [0.2, 0.25) is 0 Å². The second-order valence-corrected chi connectivity index (χ2v) is 19.4. The van der Waals surface area contributed by atoms with Gasteiger partial charge < -0.3 is 40.7 Å². The Morgan fingerprint density at radius 1 is 0.512 bits per heavy atom. The lowest BCUT2D eigenvalue weighted by atomic mass is 10.0. The van der Waals surface area contributed by atoms with E-state index in [-0.39, 0.29) is 62.4 Å². The maximum absolute atomic E-state index is 13.5. The second kappa shape index (κ2) is 23.6. The topological polar surface area (TPSA) is 293 Å². The highest BCUT2D eigenvalue weighted by Crippen LogP contribution is 2.26. The van der Waals surface area contributed by atoms with Crippen LogP contribution in [0, 0.1) is 0 Å². The fraction of sp³-hybridized carbons (Fsp3) is 0.167. The molecule has 4 atom stereocenters. The molecule has 10 N–H and O–H groups in total. The first-order valence-electron chi connectivity index (χ1n) is 25.6. The van der Waals surface area contributed by atoms with Gasteiger partial charge in [0, 0.05) is 94.5 Å². The van der Waals surface area contributed by atoms with Crippen molar-refractivity contribution in [3.05, 3.63) is 215 Å². The summed E-state index contributed by atoms with van der Waals surface area (Å²) in [6, 6.07) is 39.9. The standard InChI is InChI=1S/C60H54N10O10/c61-51(29-41-31-63-47-21-15-37(25-45(41)47)27-49-57(75)69(59(77)67-49)33-35-11-17-39(18-12-35)55(73)65-43-7-3-1-4-8-43)79-53(71)23-24-54(72)80-52(62)30-42-32-64-48-22-16-38(26-46(42)48)28-50-58(76)70(60(78)68-50)34-36-13-19-40(20-14-36)56(74)66-44-9-5-2-6-10-44/h1-26,31-32,49-52,63-64H,27-30,33-34,61-62H2,(H,65,73)(H,66,74)(H,67,77)(H,68,78)/b24-23-. The number of carbonyl (C=O) groups excluding carboxylic acids is 8. The molecule has 2 fully saturated rings. The van der Waals surface area contributed by atoms with Crippen molar-refractivity contribution in [3.63, 3.8) is 0 Å². The molecule has 80 heavy (non-hydrogen) atoms. The van der Waals surface area contributed by atoms with Crippen LogP contribution in [0.15, 0.2) is 170 Å². The van der Waals surface area contributed by atoms with Crippen LogP contribution in [0.4, 0.5) is 21.0 Å². The number of para-hydroxylation sites is 2. The van der Waals surface area contributed by atoms with Gasteiger partial charge in [0.05, 0.1) is 13.1 Å². The van der Waals surface area contributed by atoms with Gasteiger partial charge in [0.1, 0.15) is 12.1 Å². The zero-order valence-electron chi connectivity index (χ0n) is 42.8. The quantitative estimate of drug-likeness (QED) is 0.0176. The van der Waals surface area contributed by atoms with Crippen molar-refractivity contribution in [3.8, 4) is 0 Å². The first-order chi connectivity index (χ1) is 38.7. The van der Waals surface area contributed by atoms with Crippen molar-refractivity contribution >= 4 is 80.8 Å². The number of ether oxygens (including phenoxy) is 2. The number of amides is 8. The van der Waals surface area contributed by atoms with E-state index in [1.807, 2.05) is 72.8 Å². The van der Waals surface area contributed by atoms with Crippen LogP contribution >= 0.6 is 0 Å². The molecule has 2 saturated heterocycles. The van der Waals surface area contributed by atoms with E-state index < -0.39 is 48.5 Å². The normalized spacial score (nSPS) is 16.0. The van der Waals surface area contributed by atoms with Crippen molar-refractivity contribution in [2.75, 3.05) is 10.6 Å². The number of aromatic nitrogens is 2. The van der Waals surface area contributed by atoms with Gasteiger partial charge in [-0.25, -0.2) is 19.2 Å². The van der Waals surface area contributed by atoms with E-state index in [9.17, 15) is 38.4 Å². The number of hydrogen-bond donors (Lipinski definition) is 8. The zero-order chi connectivity index (χ0) is 55.9. The third-order valence-electron chi connectivity index (χ3n) is 13.7. The number of hydrogen-bond acceptors (Lipinski definition) is 12. The SMILES string of the molecule is NC(Cc1c[nH]c2ccc(CC3NC(=O)N(Cc4ccc(C(=O)Nc5ccccc5)cc4)C3=O)cc12)OC(=O)/C=C\C(=O)OC(N)Cc1c[nH]c2ccc(CC3NC(=O)N(Cc4ccc(C(=O)Nc5ccccc5)cc4)C3=O)cc12. The lowest BCUT2D eigenvalue weighted by molar-refractivity contribution is -0.145. The number of nitrogens with one attached hydrogen (secondary N) is 6. The molecule has 2 aliphatic heterocycles. The van der Waals surface area contributed by atoms with E-state index in [1.54, 1.807) is 85.2 Å². The Morgan fingerprint density at radius 2 is 0.887 bits per heavy atom. The predicted molar refractivity (Wildman–Crippen MR) is 296 cm³/mol. The van der Waals surface area contributed by atoms with Crippen molar-refractivity contribution < 1.29 is 47.8 Å². The first-order valence-corrected chi connectivity index (χ1v) is 25.6. The summed E-state index contributed by atoms with van der Waals surface area (Å²) < 4.78 is 10.8. The van der Waals surface area contributed by atoms with Crippen LogP contribution in [0.25, 0.3) is 21.8 Å². The molecule has 4 unspecified atom stereocenters. The summed E-state index contributed by atoms with van der Waals surface area (Å²) in [7, 11) is 0. The molecule has 404 valence electrons. The molecule has 0 aliphatic carbocycles. The zero-order valence-corrected chi connectivity index (χ0v) is 42.8. The summed E-state index contributed by atoms with van der Waals surface area (Å²) in [4.78, 5) is 112. The molecular formula is C60H54N10O10. The van der Waals surface area contributed by atoms with Crippen LogP contribution in [-0.2, 0) is 67.4 Å². The second-order valence-electron chi connectivity index (χ2n) is 19.4. The van der Waals surface area contributed by atoms with Crippen molar-refractivity contribution in [2.45, 2.75) is 63.3 Å². The molecule has 8 amide bonds. The molecule has 6 aromatic carbocycles. The van der Waals surface area contributed by atoms with E-state index >= 15 is 0 Å². The molecule has 0 spiro atoms. The number of urea groups is 2. The van der Waals surface area contributed by atoms with E-state index in [4.69, 9.17) is 20.9 Å². The maximum Gasteiger partial charge on any atom is 0.332 e. The van der Waals surface area contributed by atoms with E-state index in [1.165, 1.54) is 0 Å². The number of nitrogens with zero attached hydrogens (tertiary/aromatic N) is 2. The van der Waals surface area contributed by atoms with Gasteiger partial charge in [-0.2, -0.15) is 0 Å². The fourth-order valence-corrected chi connectivity index (χ4v) is 9.61. The Hall–Kier alpha value is -10.2. The van der Waals surface area contributed by atoms with Crippen LogP contribution in [-0.4, -0.2) is 91.9 Å². The Bertz CT molecular complexity index is 3450. The Morgan fingerprint density at radius 3 is 1.27 bits per heavy atom. The Labute approximate surface area is 457 Å². The number of benzene rings is 6. The molecule has 4 heterocycles. The number of imide groups is 2. The summed E-state index contributed by atoms with van der Waals surface area (Å²) in [5.41, 5.74) is 20.5. The van der Waals surface area contributed by atoms with Gasteiger partial charge in [0.25, 0.3) is 23.6 Å². The summed E-state index contributed by atoms with van der Waals surface area (Å²) >= 11 is 0. The molecule has 0 bridgehead atoms. The number of carbonyl (C=O) groups is 8. The number of anilines is 2. The summed E-state index contributed by atoms with van der Waals surface area (Å²) in [6.45, 7) is 0.0482. The molecule has 20 nitrogen and oxygen atoms in total. The number of esters is 2. The third-order valence-corrected chi connectivity index (χ3v) is 13.7. The van der Waals surface area contributed by atoms with E-state index in [2.05, 4.69) is 31.2 Å². The van der Waals surface area contributed by atoms with Crippen LogP contribution in [0.3, 0.4) is 0 Å². The fourth-order valence-electron chi connectivity index (χ4n) is 9.61. The summed E-state index contributed by atoms with van der Waals surface area (Å²) in [5.74, 6) is -3.13. The van der Waals surface area contributed by atoms with Crippen LogP contribution in [0.1, 0.15) is 54.1 Å².